The van der Waals surface area contributed by atoms with Crippen LogP contribution < -0.4 is 19.1 Å². The molecule has 35 heavy (non-hydrogen) atoms. The van der Waals surface area contributed by atoms with Crippen molar-refractivity contribution in [2.75, 3.05) is 37.9 Å². The Labute approximate surface area is 215 Å². The molecule has 0 aliphatic carbocycles. The summed E-state index contributed by atoms with van der Waals surface area (Å²) in [7, 11) is 0.543. The second-order valence-corrected chi connectivity index (χ2v) is 11.0. The van der Waals surface area contributed by atoms with Crippen LogP contribution in [0.2, 0.25) is 5.02 Å². The lowest BCUT2D eigenvalue weighted by Crippen LogP contribution is -2.27. The van der Waals surface area contributed by atoms with Crippen molar-refractivity contribution >= 4 is 45.0 Å². The van der Waals surface area contributed by atoms with Crippen LogP contribution in [0.15, 0.2) is 71.6 Å². The van der Waals surface area contributed by atoms with E-state index in [1.54, 1.807) is 42.1 Å². The first-order chi connectivity index (χ1) is 16.8. The molecule has 0 unspecified atom stereocenters. The number of amides is 1. The van der Waals surface area contributed by atoms with Crippen molar-refractivity contribution in [3.63, 3.8) is 0 Å². The predicted molar refractivity (Wildman–Crippen MR) is 142 cm³/mol. The molecule has 7 nitrogen and oxygen atoms in total. The van der Waals surface area contributed by atoms with Crippen LogP contribution in [0.1, 0.15) is 15.9 Å². The number of hydrogen-bond donors (Lipinski definition) is 1. The van der Waals surface area contributed by atoms with E-state index in [1.807, 2.05) is 24.3 Å². The van der Waals surface area contributed by atoms with Crippen molar-refractivity contribution in [2.45, 2.75) is 10.6 Å². The molecular formula is C25H27ClN2O5S2. The summed E-state index contributed by atoms with van der Waals surface area (Å²) in [6.07, 6.45) is 0. The summed E-state index contributed by atoms with van der Waals surface area (Å²) in [6, 6.07) is 18.5. The molecule has 0 saturated heterocycles. The zero-order chi connectivity index (χ0) is 25.4. The number of anilines is 1. The molecule has 0 bridgehead atoms. The molecule has 0 spiro atoms. The number of nitrogens with zero attached hydrogens (tertiary/aromatic N) is 1. The van der Waals surface area contributed by atoms with E-state index >= 15 is 0 Å². The van der Waals surface area contributed by atoms with Crippen molar-refractivity contribution in [3.8, 4) is 11.5 Å². The van der Waals surface area contributed by atoms with E-state index in [0.29, 0.717) is 34.3 Å². The summed E-state index contributed by atoms with van der Waals surface area (Å²) in [5.41, 5.74) is 2.05. The van der Waals surface area contributed by atoms with Crippen LogP contribution in [0, 0.1) is 0 Å². The van der Waals surface area contributed by atoms with E-state index in [1.165, 1.54) is 39.0 Å². The van der Waals surface area contributed by atoms with Gasteiger partial charge in [0.15, 0.2) is 11.5 Å². The average Bonchev–Trinajstić information content (AvgIpc) is 2.88. The third kappa shape index (κ3) is 6.84. The minimum Gasteiger partial charge on any atom is -0.493 e. The molecule has 1 N–H and O–H groups in total. The molecular weight excluding hydrogens is 508 g/mol. The number of thioether (sulfide) groups is 1. The highest BCUT2D eigenvalue weighted by Crippen LogP contribution is 2.31. The largest absolute Gasteiger partial charge is 0.493 e. The van der Waals surface area contributed by atoms with Crippen LogP contribution in [-0.4, -0.2) is 47.9 Å². The Morgan fingerprint density at radius 2 is 1.63 bits per heavy atom. The number of sulfonamides is 1. The Hall–Kier alpha value is -2.88. The first-order valence-electron chi connectivity index (χ1n) is 10.7. The van der Waals surface area contributed by atoms with Crippen LogP contribution in [0.4, 0.5) is 5.69 Å². The Morgan fingerprint density at radius 3 is 2.26 bits per heavy atom. The maximum Gasteiger partial charge on any atom is 0.264 e. The molecule has 10 heteroatoms. The lowest BCUT2D eigenvalue weighted by atomic mass is 10.2. The van der Waals surface area contributed by atoms with Crippen LogP contribution >= 0.6 is 23.4 Å². The highest BCUT2D eigenvalue weighted by atomic mass is 35.5. The van der Waals surface area contributed by atoms with Gasteiger partial charge in [-0.1, -0.05) is 23.7 Å². The monoisotopic (exact) mass is 534 g/mol. The van der Waals surface area contributed by atoms with Gasteiger partial charge in [-0.3, -0.25) is 9.10 Å². The van der Waals surface area contributed by atoms with Gasteiger partial charge < -0.3 is 14.8 Å². The van der Waals surface area contributed by atoms with E-state index in [9.17, 15) is 13.2 Å². The quantitative estimate of drug-likeness (QED) is 0.354. The van der Waals surface area contributed by atoms with Gasteiger partial charge in [0.25, 0.3) is 15.9 Å². The lowest BCUT2D eigenvalue weighted by molar-refractivity contribution is 0.0956. The third-order valence-electron chi connectivity index (χ3n) is 5.22. The Kier molecular flexibility index (Phi) is 9.31. The zero-order valence-electron chi connectivity index (χ0n) is 19.7. The molecule has 0 aromatic heterocycles. The Bertz CT molecular complexity index is 1250. The second-order valence-electron chi connectivity index (χ2n) is 7.47. The molecule has 3 aromatic carbocycles. The van der Waals surface area contributed by atoms with Gasteiger partial charge in [0, 0.05) is 41.8 Å². The molecule has 0 saturated carbocycles. The van der Waals surface area contributed by atoms with E-state index in [2.05, 4.69) is 5.32 Å². The minimum absolute atomic E-state index is 0.0653. The number of methoxy groups -OCH3 is 2. The Morgan fingerprint density at radius 1 is 0.971 bits per heavy atom. The van der Waals surface area contributed by atoms with Crippen molar-refractivity contribution in [3.05, 3.63) is 82.9 Å². The smallest absolute Gasteiger partial charge is 0.264 e. The molecule has 0 radical (unpaired) electrons. The van der Waals surface area contributed by atoms with Gasteiger partial charge in [0.2, 0.25) is 0 Å². The Balaban J connectivity index is 1.56. The van der Waals surface area contributed by atoms with Gasteiger partial charge in [-0.05, 0) is 54.1 Å². The topological polar surface area (TPSA) is 84.9 Å². The van der Waals surface area contributed by atoms with Gasteiger partial charge in [0.1, 0.15) is 0 Å². The normalized spacial score (nSPS) is 11.1. The molecule has 0 aliphatic rings. The molecule has 3 aromatic rings. The third-order valence-corrected chi connectivity index (χ3v) is 8.28. The number of nitrogens with one attached hydrogen (secondary N) is 1. The summed E-state index contributed by atoms with van der Waals surface area (Å²) in [6.45, 7) is 0.520. The van der Waals surface area contributed by atoms with E-state index < -0.39 is 10.0 Å². The molecule has 0 atom stereocenters. The van der Waals surface area contributed by atoms with Crippen LogP contribution in [-0.2, 0) is 15.8 Å². The van der Waals surface area contributed by atoms with Crippen molar-refractivity contribution in [2.24, 2.45) is 0 Å². The van der Waals surface area contributed by atoms with Gasteiger partial charge in [-0.15, -0.1) is 0 Å². The molecule has 0 aliphatic heterocycles. The standard InChI is InChI=1S/C25H27ClN2O5S2/c1-28(35(30,31)22-12-13-23(32-2)24(16-22)33-3)21-10-6-19(7-11-21)25(29)27-14-15-34-17-18-4-8-20(26)9-5-18/h4-13,16H,14-15,17H2,1-3H3,(H,27,29). The van der Waals surface area contributed by atoms with Crippen LogP contribution in [0.25, 0.3) is 0 Å². The summed E-state index contributed by atoms with van der Waals surface area (Å²) in [4.78, 5) is 12.5. The van der Waals surface area contributed by atoms with E-state index in [0.717, 1.165) is 15.8 Å². The molecule has 0 fully saturated rings. The minimum atomic E-state index is -3.84. The number of rotatable bonds is 11. The highest BCUT2D eigenvalue weighted by molar-refractivity contribution is 7.98. The van der Waals surface area contributed by atoms with Gasteiger partial charge in [0.05, 0.1) is 24.8 Å². The summed E-state index contributed by atoms with van der Waals surface area (Å²) in [5.74, 6) is 2.14. The molecule has 3 rings (SSSR count). The lowest BCUT2D eigenvalue weighted by Gasteiger charge is -2.20. The van der Waals surface area contributed by atoms with E-state index in [4.69, 9.17) is 21.1 Å². The fourth-order valence-corrected chi connectivity index (χ4v) is 5.36. The number of carbonyl (C=O) groups excluding carboxylic acids is 1. The highest BCUT2D eigenvalue weighted by Gasteiger charge is 2.23. The number of ether oxygens (including phenoxy) is 2. The van der Waals surface area contributed by atoms with Crippen molar-refractivity contribution in [1.82, 2.24) is 5.32 Å². The maximum atomic E-state index is 13.1. The fourth-order valence-electron chi connectivity index (χ4n) is 3.21. The van der Waals surface area contributed by atoms with Crippen molar-refractivity contribution < 1.29 is 22.7 Å². The SMILES string of the molecule is COc1ccc(S(=O)(=O)N(C)c2ccc(C(=O)NCCSCc3ccc(Cl)cc3)cc2)cc1OC. The van der Waals surface area contributed by atoms with Gasteiger partial charge >= 0.3 is 0 Å². The first kappa shape index (κ1) is 26.7. The maximum absolute atomic E-state index is 13.1. The predicted octanol–water partition coefficient (Wildman–Crippen LogP) is 4.85. The molecule has 0 heterocycles. The molecule has 1 amide bonds. The van der Waals surface area contributed by atoms with E-state index in [-0.39, 0.29) is 10.8 Å². The van der Waals surface area contributed by atoms with Gasteiger partial charge in [-0.2, -0.15) is 11.8 Å². The molecule has 186 valence electrons. The average molecular weight is 535 g/mol. The first-order valence-corrected chi connectivity index (χ1v) is 13.6. The van der Waals surface area contributed by atoms with Crippen molar-refractivity contribution in [1.29, 1.82) is 0 Å². The van der Waals surface area contributed by atoms with Crippen LogP contribution in [0.5, 0.6) is 11.5 Å². The zero-order valence-corrected chi connectivity index (χ0v) is 22.0. The van der Waals surface area contributed by atoms with Crippen LogP contribution in [0.3, 0.4) is 0 Å². The number of carbonyl (C=O) groups is 1. The second kappa shape index (κ2) is 12.2. The van der Waals surface area contributed by atoms with Gasteiger partial charge in [-0.25, -0.2) is 8.42 Å². The number of benzene rings is 3. The fraction of sp³-hybridized carbons (Fsp3) is 0.240. The summed E-state index contributed by atoms with van der Waals surface area (Å²) < 4.78 is 37.7. The number of halogens is 1. The summed E-state index contributed by atoms with van der Waals surface area (Å²) >= 11 is 7.60. The number of hydrogen-bond acceptors (Lipinski definition) is 6. The summed E-state index contributed by atoms with van der Waals surface area (Å²) in [5, 5.41) is 3.59.